The topological polar surface area (TPSA) is 68.2 Å². The molecule has 0 bridgehead atoms. The number of aryl methyl sites for hydroxylation is 1. The van der Waals surface area contributed by atoms with Gasteiger partial charge in [-0.2, -0.15) is 0 Å². The van der Waals surface area contributed by atoms with E-state index < -0.39 is 0 Å². The molecule has 4 rings (SSSR count). The first-order valence-electron chi connectivity index (χ1n) is 10.5. The molecule has 9 heteroatoms. The maximum absolute atomic E-state index is 5.68. The molecule has 0 amide bonds. The lowest BCUT2D eigenvalue weighted by Gasteiger charge is -2.37. The summed E-state index contributed by atoms with van der Waals surface area (Å²) in [6, 6.07) is 6.29. The Balaban J connectivity index is 0.00000272. The molecule has 1 N–H and O–H groups in total. The molecule has 2 aliphatic rings. The van der Waals surface area contributed by atoms with E-state index in [9.17, 15) is 0 Å². The zero-order chi connectivity index (χ0) is 21.0. The predicted molar refractivity (Wildman–Crippen MR) is 134 cm³/mol. The Morgan fingerprint density at radius 2 is 2.03 bits per heavy atom. The summed E-state index contributed by atoms with van der Waals surface area (Å²) >= 11 is 1.68. The van der Waals surface area contributed by atoms with Crippen LogP contribution in [0.15, 0.2) is 28.6 Å². The van der Waals surface area contributed by atoms with Gasteiger partial charge in [0.05, 0.1) is 23.8 Å². The van der Waals surface area contributed by atoms with Crippen molar-refractivity contribution in [3.63, 3.8) is 0 Å². The Morgan fingerprint density at radius 1 is 1.26 bits per heavy atom. The molecule has 1 aromatic heterocycles. The first-order valence-corrected chi connectivity index (χ1v) is 11.4. The van der Waals surface area contributed by atoms with Crippen LogP contribution in [-0.4, -0.2) is 56.0 Å². The number of aromatic nitrogens is 1. The van der Waals surface area contributed by atoms with Crippen LogP contribution in [0.2, 0.25) is 0 Å². The lowest BCUT2D eigenvalue weighted by Crippen LogP contribution is -2.41. The smallest absolute Gasteiger partial charge is 0.231 e. The second-order valence-corrected chi connectivity index (χ2v) is 8.91. The number of halogens is 1. The molecule has 31 heavy (non-hydrogen) atoms. The van der Waals surface area contributed by atoms with Crippen molar-refractivity contribution >= 4 is 41.3 Å². The molecule has 2 aliphatic heterocycles. The minimum atomic E-state index is -0.0715. The Labute approximate surface area is 205 Å². The standard InChI is InChI=1S/C22H30N4O3S.HI/c1-4-23-21(26(3)12-18-13-30-16(2)25-18)24-14-22(7-9-27-10-8-22)17-5-6-19-20(11-17)29-15-28-19;/h5-6,11,13H,4,7-10,12,14-15H2,1-3H3,(H,23,24);1H. The van der Waals surface area contributed by atoms with Crippen molar-refractivity contribution in [3.05, 3.63) is 39.8 Å². The number of aliphatic imine (C=N–C) groups is 1. The highest BCUT2D eigenvalue weighted by molar-refractivity contribution is 14.0. The number of ether oxygens (including phenoxy) is 3. The normalized spacial score (nSPS) is 17.2. The zero-order valence-corrected chi connectivity index (χ0v) is 21.5. The molecule has 2 aromatic rings. The van der Waals surface area contributed by atoms with E-state index in [2.05, 4.69) is 46.7 Å². The Bertz CT molecular complexity index is 899. The Morgan fingerprint density at radius 3 is 2.74 bits per heavy atom. The zero-order valence-electron chi connectivity index (χ0n) is 18.3. The maximum Gasteiger partial charge on any atom is 0.231 e. The van der Waals surface area contributed by atoms with E-state index in [1.54, 1.807) is 11.3 Å². The van der Waals surface area contributed by atoms with Crippen LogP contribution in [0, 0.1) is 6.92 Å². The van der Waals surface area contributed by atoms with Gasteiger partial charge in [0.1, 0.15) is 0 Å². The fraction of sp³-hybridized carbons (Fsp3) is 0.545. The predicted octanol–water partition coefficient (Wildman–Crippen LogP) is 3.94. The highest BCUT2D eigenvalue weighted by atomic mass is 127. The van der Waals surface area contributed by atoms with Crippen molar-refractivity contribution in [3.8, 4) is 11.5 Å². The van der Waals surface area contributed by atoms with Gasteiger partial charge in [0.25, 0.3) is 0 Å². The number of thiazole rings is 1. The summed E-state index contributed by atoms with van der Waals surface area (Å²) in [6.45, 7) is 8.15. The van der Waals surface area contributed by atoms with Crippen LogP contribution < -0.4 is 14.8 Å². The van der Waals surface area contributed by atoms with Gasteiger partial charge >= 0.3 is 0 Å². The fourth-order valence-corrected chi connectivity index (χ4v) is 4.63. The van der Waals surface area contributed by atoms with Crippen LogP contribution in [-0.2, 0) is 16.7 Å². The van der Waals surface area contributed by atoms with E-state index in [1.807, 2.05) is 13.0 Å². The molecule has 3 heterocycles. The maximum atomic E-state index is 5.68. The van der Waals surface area contributed by atoms with Gasteiger partial charge in [-0.1, -0.05) is 6.07 Å². The molecule has 0 unspecified atom stereocenters. The van der Waals surface area contributed by atoms with Crippen LogP contribution >= 0.6 is 35.3 Å². The first-order chi connectivity index (χ1) is 14.6. The summed E-state index contributed by atoms with van der Waals surface area (Å²) in [6.07, 6.45) is 1.87. The van der Waals surface area contributed by atoms with Crippen molar-refractivity contribution in [2.24, 2.45) is 4.99 Å². The van der Waals surface area contributed by atoms with E-state index >= 15 is 0 Å². The summed E-state index contributed by atoms with van der Waals surface area (Å²) in [4.78, 5) is 11.8. The summed E-state index contributed by atoms with van der Waals surface area (Å²) < 4.78 is 16.8. The number of benzene rings is 1. The molecule has 1 saturated heterocycles. The van der Waals surface area contributed by atoms with E-state index in [4.69, 9.17) is 19.2 Å². The highest BCUT2D eigenvalue weighted by Gasteiger charge is 2.36. The molecule has 170 valence electrons. The lowest BCUT2D eigenvalue weighted by atomic mass is 9.74. The van der Waals surface area contributed by atoms with E-state index in [-0.39, 0.29) is 29.4 Å². The molecule has 7 nitrogen and oxygen atoms in total. The molecule has 0 aliphatic carbocycles. The summed E-state index contributed by atoms with van der Waals surface area (Å²) in [7, 11) is 2.06. The first kappa shape index (κ1) is 24.1. The monoisotopic (exact) mass is 558 g/mol. The van der Waals surface area contributed by atoms with Gasteiger partial charge in [-0.15, -0.1) is 35.3 Å². The van der Waals surface area contributed by atoms with Crippen molar-refractivity contribution < 1.29 is 14.2 Å². The summed E-state index contributed by atoms with van der Waals surface area (Å²) in [5, 5.41) is 6.64. The second kappa shape index (κ2) is 10.8. The molecule has 0 atom stereocenters. The minimum absolute atomic E-state index is 0. The largest absolute Gasteiger partial charge is 0.454 e. The van der Waals surface area contributed by atoms with Crippen molar-refractivity contribution in [2.45, 2.75) is 38.6 Å². The molecular weight excluding hydrogens is 527 g/mol. The summed E-state index contributed by atoms with van der Waals surface area (Å²) in [5.41, 5.74) is 2.24. The van der Waals surface area contributed by atoms with Crippen LogP contribution in [0.3, 0.4) is 0 Å². The Hall–Kier alpha value is -1.59. The SMILES string of the molecule is CCNC(=NCC1(c2ccc3c(c2)OCO3)CCOCC1)N(C)Cc1csc(C)n1.I. The van der Waals surface area contributed by atoms with Gasteiger partial charge in [-0.25, -0.2) is 4.98 Å². The van der Waals surface area contributed by atoms with Crippen LogP contribution in [0.25, 0.3) is 0 Å². The number of rotatable bonds is 6. The number of guanidine groups is 1. The van der Waals surface area contributed by atoms with Gasteiger partial charge in [-0.05, 0) is 44.4 Å². The Kier molecular flexibility index (Phi) is 8.40. The van der Waals surface area contributed by atoms with Crippen molar-refractivity contribution in [1.29, 1.82) is 0 Å². The number of hydrogen-bond acceptors (Lipinski definition) is 6. The van der Waals surface area contributed by atoms with Crippen LogP contribution in [0.4, 0.5) is 0 Å². The number of nitrogens with zero attached hydrogens (tertiary/aromatic N) is 3. The minimum Gasteiger partial charge on any atom is -0.454 e. The molecule has 0 saturated carbocycles. The van der Waals surface area contributed by atoms with Gasteiger partial charge in [0.15, 0.2) is 17.5 Å². The van der Waals surface area contributed by atoms with Crippen LogP contribution in [0.5, 0.6) is 11.5 Å². The molecular formula is C22H31IN4O3S. The second-order valence-electron chi connectivity index (χ2n) is 7.84. The average molecular weight is 558 g/mol. The third-order valence-electron chi connectivity index (χ3n) is 5.73. The third-order valence-corrected chi connectivity index (χ3v) is 6.55. The summed E-state index contributed by atoms with van der Waals surface area (Å²) in [5.74, 6) is 2.54. The van der Waals surface area contributed by atoms with Gasteiger partial charge in [0.2, 0.25) is 6.79 Å². The molecule has 0 radical (unpaired) electrons. The number of hydrogen-bond donors (Lipinski definition) is 1. The van der Waals surface area contributed by atoms with Crippen molar-refractivity contribution in [1.82, 2.24) is 15.2 Å². The highest BCUT2D eigenvalue weighted by Crippen LogP contribution is 2.41. The van der Waals surface area contributed by atoms with E-state index in [0.29, 0.717) is 13.3 Å². The van der Waals surface area contributed by atoms with Crippen LogP contribution in [0.1, 0.15) is 36.0 Å². The van der Waals surface area contributed by atoms with Gasteiger partial charge in [-0.3, -0.25) is 4.99 Å². The third kappa shape index (κ3) is 5.61. The lowest BCUT2D eigenvalue weighted by molar-refractivity contribution is 0.0529. The number of nitrogens with one attached hydrogen (secondary N) is 1. The van der Waals surface area contributed by atoms with Crippen molar-refractivity contribution in [2.75, 3.05) is 40.1 Å². The fourth-order valence-electron chi connectivity index (χ4n) is 4.02. The molecule has 1 aromatic carbocycles. The van der Waals surface area contributed by atoms with Gasteiger partial charge in [0, 0.05) is 37.6 Å². The van der Waals surface area contributed by atoms with Gasteiger partial charge < -0.3 is 24.4 Å². The van der Waals surface area contributed by atoms with E-state index in [1.165, 1.54) is 5.56 Å². The molecule has 0 spiro atoms. The van der Waals surface area contributed by atoms with E-state index in [0.717, 1.165) is 67.3 Å². The quantitative estimate of drug-likeness (QED) is 0.329. The number of fused-ring (bicyclic) bond motifs is 1. The average Bonchev–Trinajstić information content (AvgIpc) is 3.39. The molecule has 1 fully saturated rings.